The van der Waals surface area contributed by atoms with Gasteiger partial charge in [-0.3, -0.25) is 14.6 Å². The van der Waals surface area contributed by atoms with Crippen molar-refractivity contribution in [3.8, 4) is 0 Å². The van der Waals surface area contributed by atoms with E-state index in [-0.39, 0.29) is 17.4 Å². The van der Waals surface area contributed by atoms with Gasteiger partial charge in [-0.2, -0.15) is 0 Å². The summed E-state index contributed by atoms with van der Waals surface area (Å²) in [4.78, 5) is 29.4. The summed E-state index contributed by atoms with van der Waals surface area (Å²) >= 11 is 0. The molecule has 1 aromatic rings. The number of nitrogens with one attached hydrogen (secondary N) is 1. The molecule has 2 heterocycles. The minimum atomic E-state index is -0.377. The second kappa shape index (κ2) is 4.60. The van der Waals surface area contributed by atoms with E-state index >= 15 is 0 Å². The van der Waals surface area contributed by atoms with Crippen molar-refractivity contribution in [3.63, 3.8) is 0 Å². The number of aryl methyl sites for hydroxylation is 2. The van der Waals surface area contributed by atoms with Crippen LogP contribution in [-0.4, -0.2) is 35.3 Å². The lowest BCUT2D eigenvalue weighted by atomic mass is 10.2. The van der Waals surface area contributed by atoms with E-state index in [2.05, 4.69) is 10.3 Å². The Morgan fingerprint density at radius 2 is 2.11 bits per heavy atom. The van der Waals surface area contributed by atoms with Crippen LogP contribution in [0.1, 0.15) is 11.4 Å². The van der Waals surface area contributed by atoms with Gasteiger partial charge in [0.1, 0.15) is 5.57 Å². The summed E-state index contributed by atoms with van der Waals surface area (Å²) in [6, 6.07) is 3.61. The van der Waals surface area contributed by atoms with Crippen molar-refractivity contribution in [2.24, 2.45) is 0 Å². The first kappa shape index (κ1) is 12.3. The third-order valence-corrected chi connectivity index (χ3v) is 2.86. The van der Waals surface area contributed by atoms with Crippen LogP contribution in [0.15, 0.2) is 23.8 Å². The molecule has 5 heteroatoms. The molecule has 1 N–H and O–H groups in total. The molecule has 5 nitrogen and oxygen atoms in total. The maximum Gasteiger partial charge on any atom is 0.261 e. The topological polar surface area (TPSA) is 62.3 Å². The lowest BCUT2D eigenvalue weighted by molar-refractivity contribution is -0.126. The number of rotatable bonds is 2. The van der Waals surface area contributed by atoms with Gasteiger partial charge >= 0.3 is 0 Å². The molecule has 0 saturated heterocycles. The molecule has 0 unspecified atom stereocenters. The summed E-state index contributed by atoms with van der Waals surface area (Å²) in [6.07, 6.45) is 1.63. The highest BCUT2D eigenvalue weighted by atomic mass is 16.2. The highest BCUT2D eigenvalue weighted by molar-refractivity contribution is 6.23. The molecule has 0 bridgehead atoms. The van der Waals surface area contributed by atoms with Crippen molar-refractivity contribution in [1.29, 1.82) is 0 Å². The summed E-state index contributed by atoms with van der Waals surface area (Å²) in [7, 11) is 1.66. The third kappa shape index (κ3) is 2.25. The SMILES string of the molecule is Cc1ccc(NC(=O)C2=CCN(C)C2=O)c(C)n1. The van der Waals surface area contributed by atoms with Crippen LogP contribution in [0.5, 0.6) is 0 Å². The number of pyridine rings is 1. The number of carbonyl (C=O) groups excluding carboxylic acids is 2. The molecular formula is C13H15N3O2. The predicted molar refractivity (Wildman–Crippen MR) is 68.1 cm³/mol. The van der Waals surface area contributed by atoms with Gasteiger partial charge in [0.15, 0.2) is 0 Å². The zero-order chi connectivity index (χ0) is 13.3. The molecule has 0 fully saturated rings. The molecule has 0 aliphatic carbocycles. The van der Waals surface area contributed by atoms with Gasteiger partial charge in [0.2, 0.25) is 0 Å². The van der Waals surface area contributed by atoms with Gasteiger partial charge in [-0.1, -0.05) is 0 Å². The summed E-state index contributed by atoms with van der Waals surface area (Å²) < 4.78 is 0. The Kier molecular flexibility index (Phi) is 3.14. The van der Waals surface area contributed by atoms with E-state index in [1.807, 2.05) is 19.9 Å². The molecule has 0 saturated carbocycles. The summed E-state index contributed by atoms with van der Waals surface area (Å²) in [5.41, 5.74) is 2.45. The minimum Gasteiger partial charge on any atom is -0.338 e. The van der Waals surface area contributed by atoms with Crippen molar-refractivity contribution in [1.82, 2.24) is 9.88 Å². The van der Waals surface area contributed by atoms with E-state index < -0.39 is 0 Å². The van der Waals surface area contributed by atoms with Crippen LogP contribution in [0.4, 0.5) is 5.69 Å². The number of hydrogen-bond donors (Lipinski definition) is 1. The summed E-state index contributed by atoms with van der Waals surface area (Å²) in [5, 5.41) is 2.71. The Labute approximate surface area is 106 Å². The van der Waals surface area contributed by atoms with Crippen molar-refractivity contribution in [2.45, 2.75) is 13.8 Å². The largest absolute Gasteiger partial charge is 0.338 e. The van der Waals surface area contributed by atoms with Crippen molar-refractivity contribution >= 4 is 17.5 Å². The average Bonchev–Trinajstić information content (AvgIpc) is 2.64. The first-order valence-electron chi connectivity index (χ1n) is 5.70. The molecule has 0 radical (unpaired) electrons. The quantitative estimate of drug-likeness (QED) is 0.792. The van der Waals surface area contributed by atoms with Gasteiger partial charge in [-0.05, 0) is 32.1 Å². The molecule has 94 valence electrons. The van der Waals surface area contributed by atoms with Crippen LogP contribution < -0.4 is 5.32 Å². The molecule has 2 rings (SSSR count). The van der Waals surface area contributed by atoms with Gasteiger partial charge in [-0.25, -0.2) is 0 Å². The van der Waals surface area contributed by atoms with Gasteiger partial charge in [0.25, 0.3) is 11.8 Å². The lowest BCUT2D eigenvalue weighted by Crippen LogP contribution is -2.27. The predicted octanol–water partition coefficient (Wildman–Crippen LogP) is 1.04. The molecule has 0 atom stereocenters. The monoisotopic (exact) mass is 245 g/mol. The fraction of sp³-hybridized carbons (Fsp3) is 0.308. The van der Waals surface area contributed by atoms with E-state index in [1.54, 1.807) is 19.2 Å². The standard InChI is InChI=1S/C13H15N3O2/c1-8-4-5-11(9(2)14-8)15-12(17)10-6-7-16(3)13(10)18/h4-6H,7H2,1-3H3,(H,15,17). The first-order chi connectivity index (χ1) is 8.49. The lowest BCUT2D eigenvalue weighted by Gasteiger charge is -2.10. The van der Waals surface area contributed by atoms with Crippen LogP contribution in [-0.2, 0) is 9.59 Å². The number of carbonyl (C=O) groups is 2. The third-order valence-electron chi connectivity index (χ3n) is 2.86. The van der Waals surface area contributed by atoms with Crippen LogP contribution >= 0.6 is 0 Å². The number of hydrogen-bond acceptors (Lipinski definition) is 3. The Morgan fingerprint density at radius 1 is 1.39 bits per heavy atom. The normalized spacial score (nSPS) is 14.7. The van der Waals surface area contributed by atoms with Crippen molar-refractivity contribution in [3.05, 3.63) is 35.2 Å². The van der Waals surface area contributed by atoms with Gasteiger partial charge < -0.3 is 10.2 Å². The number of amides is 2. The van der Waals surface area contributed by atoms with E-state index in [0.717, 1.165) is 11.4 Å². The van der Waals surface area contributed by atoms with Crippen molar-refractivity contribution < 1.29 is 9.59 Å². The van der Waals surface area contributed by atoms with E-state index in [9.17, 15) is 9.59 Å². The van der Waals surface area contributed by atoms with Crippen molar-refractivity contribution in [2.75, 3.05) is 18.9 Å². The average molecular weight is 245 g/mol. The second-order valence-electron chi connectivity index (χ2n) is 4.34. The Morgan fingerprint density at radius 3 is 2.67 bits per heavy atom. The smallest absolute Gasteiger partial charge is 0.261 e. The number of aromatic nitrogens is 1. The number of anilines is 1. The first-order valence-corrected chi connectivity index (χ1v) is 5.70. The molecule has 0 spiro atoms. The Bertz CT molecular complexity index is 549. The van der Waals surface area contributed by atoms with Gasteiger partial charge in [0.05, 0.1) is 11.4 Å². The molecule has 1 aliphatic heterocycles. The molecular weight excluding hydrogens is 230 g/mol. The van der Waals surface area contributed by atoms with Crippen LogP contribution in [0.2, 0.25) is 0 Å². The highest BCUT2D eigenvalue weighted by Crippen LogP contribution is 2.16. The molecule has 0 aromatic carbocycles. The second-order valence-corrected chi connectivity index (χ2v) is 4.34. The zero-order valence-electron chi connectivity index (χ0n) is 10.7. The van der Waals surface area contributed by atoms with Gasteiger partial charge in [-0.15, -0.1) is 0 Å². The molecule has 18 heavy (non-hydrogen) atoms. The van der Waals surface area contributed by atoms with Crippen LogP contribution in [0, 0.1) is 13.8 Å². The molecule has 1 aromatic heterocycles. The molecule has 1 aliphatic rings. The van der Waals surface area contributed by atoms with E-state index in [4.69, 9.17) is 0 Å². The van der Waals surface area contributed by atoms with E-state index in [0.29, 0.717) is 12.2 Å². The van der Waals surface area contributed by atoms with Gasteiger partial charge in [0, 0.05) is 19.3 Å². The summed E-state index contributed by atoms with van der Waals surface area (Å²) in [6.45, 7) is 4.18. The summed E-state index contributed by atoms with van der Waals surface area (Å²) in [5.74, 6) is -0.622. The highest BCUT2D eigenvalue weighted by Gasteiger charge is 2.26. The maximum atomic E-state index is 12.0. The number of likely N-dealkylation sites (N-methyl/N-ethyl adjacent to an activating group) is 1. The van der Waals surface area contributed by atoms with E-state index in [1.165, 1.54) is 4.90 Å². The zero-order valence-corrected chi connectivity index (χ0v) is 10.7. The van der Waals surface area contributed by atoms with Crippen LogP contribution in [0.25, 0.3) is 0 Å². The fourth-order valence-corrected chi connectivity index (χ4v) is 1.80. The Hall–Kier alpha value is -2.17. The maximum absolute atomic E-state index is 12.0. The molecule has 2 amide bonds. The fourth-order valence-electron chi connectivity index (χ4n) is 1.80. The minimum absolute atomic E-state index is 0.192. The van der Waals surface area contributed by atoms with Crippen LogP contribution in [0.3, 0.4) is 0 Å². The Balaban J connectivity index is 2.15. The number of nitrogens with zero attached hydrogens (tertiary/aromatic N) is 2.